The Morgan fingerprint density at radius 2 is 2.15 bits per heavy atom. The molecule has 2 rings (SSSR count). The number of nitro groups is 1. The highest BCUT2D eigenvalue weighted by molar-refractivity contribution is 5.94. The maximum absolute atomic E-state index is 13.7. The van der Waals surface area contributed by atoms with Gasteiger partial charge in [0.05, 0.1) is 29.3 Å². The molecule has 6 nitrogen and oxygen atoms in total. The summed E-state index contributed by atoms with van der Waals surface area (Å²) in [6.45, 7) is 2.59. The van der Waals surface area contributed by atoms with E-state index in [1.807, 2.05) is 0 Å². The van der Waals surface area contributed by atoms with Crippen LogP contribution >= 0.6 is 0 Å². The van der Waals surface area contributed by atoms with E-state index in [0.717, 1.165) is 0 Å². The maximum atomic E-state index is 13.7. The average molecular weight is 286 g/mol. The van der Waals surface area contributed by atoms with E-state index in [1.54, 1.807) is 6.92 Å². The minimum Gasteiger partial charge on any atom is -0.375 e. The summed E-state index contributed by atoms with van der Waals surface area (Å²) < 4.78 is 32.5. The van der Waals surface area contributed by atoms with Crippen LogP contribution in [-0.4, -0.2) is 41.5 Å². The molecule has 1 heterocycles. The molecule has 0 N–H and O–H groups in total. The second-order valence-electron chi connectivity index (χ2n) is 4.47. The van der Waals surface area contributed by atoms with Gasteiger partial charge >= 0.3 is 5.69 Å². The van der Waals surface area contributed by atoms with Gasteiger partial charge in [-0.2, -0.15) is 4.39 Å². The molecule has 0 aromatic heterocycles. The third-order valence-electron chi connectivity index (χ3n) is 2.99. The molecule has 1 aliphatic heterocycles. The van der Waals surface area contributed by atoms with Crippen molar-refractivity contribution in [1.29, 1.82) is 0 Å². The zero-order chi connectivity index (χ0) is 14.9. The Kier molecular flexibility index (Phi) is 3.93. The van der Waals surface area contributed by atoms with Gasteiger partial charge in [0.1, 0.15) is 5.82 Å². The smallest absolute Gasteiger partial charge is 0.307 e. The standard InChI is InChI=1S/C12H12F2N2O4/c1-7-6-15(2-3-20-7)12(17)8-4-10(14)11(16(18)19)5-9(8)13/h4-5,7H,2-3,6H2,1H3. The monoisotopic (exact) mass is 286 g/mol. The Hall–Kier alpha value is -2.09. The number of carbonyl (C=O) groups excluding carboxylic acids is 1. The lowest BCUT2D eigenvalue weighted by atomic mass is 10.1. The van der Waals surface area contributed by atoms with Gasteiger partial charge in [0, 0.05) is 13.1 Å². The molecule has 1 aromatic rings. The van der Waals surface area contributed by atoms with Crippen molar-refractivity contribution in [1.82, 2.24) is 4.90 Å². The lowest BCUT2D eigenvalue weighted by Crippen LogP contribution is -2.44. The van der Waals surface area contributed by atoms with E-state index < -0.39 is 33.7 Å². The second kappa shape index (κ2) is 5.49. The molecule has 0 radical (unpaired) electrons. The van der Waals surface area contributed by atoms with Crippen LogP contribution in [0.15, 0.2) is 12.1 Å². The SMILES string of the molecule is CC1CN(C(=O)c2cc(F)c([N+](=O)[O-])cc2F)CCO1. The zero-order valence-corrected chi connectivity index (χ0v) is 10.6. The Labute approximate surface area is 113 Å². The summed E-state index contributed by atoms with van der Waals surface area (Å²) in [6.07, 6.45) is -0.196. The highest BCUT2D eigenvalue weighted by Gasteiger charge is 2.27. The molecule has 20 heavy (non-hydrogen) atoms. The number of hydrogen-bond donors (Lipinski definition) is 0. The predicted molar refractivity (Wildman–Crippen MR) is 64.3 cm³/mol. The summed E-state index contributed by atoms with van der Waals surface area (Å²) in [5.41, 5.74) is -1.50. The molecule has 1 fully saturated rings. The van der Waals surface area contributed by atoms with Crippen molar-refractivity contribution in [3.8, 4) is 0 Å². The molecule has 108 valence electrons. The first-order valence-corrected chi connectivity index (χ1v) is 5.94. The molecule has 1 amide bonds. The first kappa shape index (κ1) is 14.3. The Morgan fingerprint density at radius 3 is 2.75 bits per heavy atom. The van der Waals surface area contributed by atoms with Gasteiger partial charge < -0.3 is 9.64 Å². The third kappa shape index (κ3) is 2.74. The molecule has 1 aliphatic rings. The number of ether oxygens (including phenoxy) is 1. The molecule has 8 heteroatoms. The van der Waals surface area contributed by atoms with Gasteiger partial charge in [-0.25, -0.2) is 4.39 Å². The minimum atomic E-state index is -1.24. The van der Waals surface area contributed by atoms with Gasteiger partial charge in [-0.05, 0) is 13.0 Å². The quantitative estimate of drug-likeness (QED) is 0.613. The molecule has 1 saturated heterocycles. The van der Waals surface area contributed by atoms with Crippen LogP contribution in [-0.2, 0) is 4.74 Å². The highest BCUT2D eigenvalue weighted by Crippen LogP contribution is 2.23. The number of morpholine rings is 1. The number of benzene rings is 1. The van der Waals surface area contributed by atoms with Crippen molar-refractivity contribution in [2.24, 2.45) is 0 Å². The van der Waals surface area contributed by atoms with E-state index >= 15 is 0 Å². The number of nitro benzene ring substituents is 1. The normalized spacial score (nSPS) is 18.9. The van der Waals surface area contributed by atoms with E-state index in [2.05, 4.69) is 0 Å². The maximum Gasteiger partial charge on any atom is 0.307 e. The van der Waals surface area contributed by atoms with Crippen LogP contribution in [0.3, 0.4) is 0 Å². The van der Waals surface area contributed by atoms with Crippen LogP contribution in [0.1, 0.15) is 17.3 Å². The minimum absolute atomic E-state index is 0.196. The van der Waals surface area contributed by atoms with Gasteiger partial charge in [0.2, 0.25) is 5.82 Å². The van der Waals surface area contributed by atoms with Crippen LogP contribution in [0.5, 0.6) is 0 Å². The lowest BCUT2D eigenvalue weighted by Gasteiger charge is -2.31. The topological polar surface area (TPSA) is 72.7 Å². The molecule has 0 bridgehead atoms. The number of halogens is 2. The molecule has 0 saturated carbocycles. The second-order valence-corrected chi connectivity index (χ2v) is 4.47. The van der Waals surface area contributed by atoms with E-state index in [9.17, 15) is 23.7 Å². The molecule has 0 spiro atoms. The van der Waals surface area contributed by atoms with Gasteiger partial charge in [-0.15, -0.1) is 0 Å². The summed E-state index contributed by atoms with van der Waals surface area (Å²) in [4.78, 5) is 22.9. The zero-order valence-electron chi connectivity index (χ0n) is 10.6. The van der Waals surface area contributed by atoms with Gasteiger partial charge in [0.15, 0.2) is 0 Å². The Balaban J connectivity index is 2.30. The van der Waals surface area contributed by atoms with Crippen LogP contribution in [0.25, 0.3) is 0 Å². The number of rotatable bonds is 2. The third-order valence-corrected chi connectivity index (χ3v) is 2.99. The van der Waals surface area contributed by atoms with Gasteiger partial charge in [-0.1, -0.05) is 0 Å². The van der Waals surface area contributed by atoms with Crippen molar-refractivity contribution in [3.63, 3.8) is 0 Å². The summed E-state index contributed by atoms with van der Waals surface area (Å²) >= 11 is 0. The predicted octanol–water partition coefficient (Wildman–Crippen LogP) is 1.73. The van der Waals surface area contributed by atoms with Gasteiger partial charge in [0.25, 0.3) is 5.91 Å². The summed E-state index contributed by atoms with van der Waals surface area (Å²) in [6, 6.07) is 0.988. The van der Waals surface area contributed by atoms with Crippen molar-refractivity contribution < 1.29 is 23.2 Å². The lowest BCUT2D eigenvalue weighted by molar-refractivity contribution is -0.387. The fourth-order valence-electron chi connectivity index (χ4n) is 2.01. The van der Waals surface area contributed by atoms with Crippen LogP contribution in [0.4, 0.5) is 14.5 Å². The van der Waals surface area contributed by atoms with E-state index in [-0.39, 0.29) is 19.2 Å². The van der Waals surface area contributed by atoms with Crippen LogP contribution in [0, 0.1) is 21.7 Å². The molecule has 1 aromatic carbocycles. The Morgan fingerprint density at radius 1 is 1.45 bits per heavy atom. The highest BCUT2D eigenvalue weighted by atomic mass is 19.1. The molecular weight excluding hydrogens is 274 g/mol. The van der Waals surface area contributed by atoms with E-state index in [0.29, 0.717) is 18.7 Å². The Bertz CT molecular complexity index is 565. The number of nitrogens with zero attached hydrogens (tertiary/aromatic N) is 2. The molecule has 1 unspecified atom stereocenters. The fraction of sp³-hybridized carbons (Fsp3) is 0.417. The largest absolute Gasteiger partial charge is 0.375 e. The van der Waals surface area contributed by atoms with Crippen molar-refractivity contribution in [2.45, 2.75) is 13.0 Å². The number of amides is 1. The van der Waals surface area contributed by atoms with Crippen LogP contribution in [0.2, 0.25) is 0 Å². The first-order valence-electron chi connectivity index (χ1n) is 5.94. The van der Waals surface area contributed by atoms with E-state index in [1.165, 1.54) is 4.90 Å². The molecule has 1 atom stereocenters. The summed E-state index contributed by atoms with van der Waals surface area (Å²) in [7, 11) is 0. The number of carbonyl (C=O) groups is 1. The molecular formula is C12H12F2N2O4. The summed E-state index contributed by atoms with van der Waals surface area (Å²) in [5.74, 6) is -3.05. The van der Waals surface area contributed by atoms with Crippen molar-refractivity contribution in [3.05, 3.63) is 39.4 Å². The molecule has 0 aliphatic carbocycles. The average Bonchev–Trinajstić information content (AvgIpc) is 2.40. The van der Waals surface area contributed by atoms with Crippen molar-refractivity contribution >= 4 is 11.6 Å². The van der Waals surface area contributed by atoms with Crippen LogP contribution < -0.4 is 0 Å². The first-order chi connectivity index (χ1) is 9.40. The van der Waals surface area contributed by atoms with Gasteiger partial charge in [-0.3, -0.25) is 14.9 Å². The van der Waals surface area contributed by atoms with Crippen molar-refractivity contribution in [2.75, 3.05) is 19.7 Å². The summed E-state index contributed by atoms with van der Waals surface area (Å²) in [5, 5.41) is 10.5. The fourth-order valence-corrected chi connectivity index (χ4v) is 2.01. The van der Waals surface area contributed by atoms with E-state index in [4.69, 9.17) is 4.74 Å². The number of hydrogen-bond acceptors (Lipinski definition) is 4.